The first kappa shape index (κ1) is 12.0. The van der Waals surface area contributed by atoms with Gasteiger partial charge in [-0.15, -0.1) is 0 Å². The molecule has 0 radical (unpaired) electrons. The summed E-state index contributed by atoms with van der Waals surface area (Å²) >= 11 is 3.37. The van der Waals surface area contributed by atoms with Crippen molar-refractivity contribution in [3.8, 4) is 0 Å². The highest BCUT2D eigenvalue weighted by Gasteiger charge is 2.05. The van der Waals surface area contributed by atoms with Crippen LogP contribution < -0.4 is 4.90 Å². The van der Waals surface area contributed by atoms with Crippen molar-refractivity contribution in [2.75, 3.05) is 11.9 Å². The van der Waals surface area contributed by atoms with E-state index >= 15 is 0 Å². The molecular formula is C13H12BrFN2. The fraction of sp³-hybridized carbons (Fsp3) is 0.154. The predicted octanol–water partition coefficient (Wildman–Crippen LogP) is 3.88. The van der Waals surface area contributed by atoms with Gasteiger partial charge < -0.3 is 4.90 Å². The van der Waals surface area contributed by atoms with Crippen LogP contribution in [0.15, 0.2) is 42.6 Å². The first-order chi connectivity index (χ1) is 8.20. The highest BCUT2D eigenvalue weighted by Crippen LogP contribution is 2.22. The molecule has 0 unspecified atom stereocenters. The SMILES string of the molecule is CN(c1cccc(F)c1)c1ccc(CBr)cn1. The molecule has 0 aliphatic carbocycles. The number of hydrogen-bond donors (Lipinski definition) is 0. The molecule has 0 aliphatic rings. The van der Waals surface area contributed by atoms with E-state index in [4.69, 9.17) is 0 Å². The maximum atomic E-state index is 13.1. The molecule has 1 aromatic carbocycles. The second-order valence-corrected chi connectivity index (χ2v) is 4.26. The number of benzene rings is 1. The van der Waals surface area contributed by atoms with Crippen molar-refractivity contribution in [2.45, 2.75) is 5.33 Å². The average molecular weight is 295 g/mol. The van der Waals surface area contributed by atoms with Crippen molar-refractivity contribution in [1.82, 2.24) is 4.98 Å². The zero-order valence-corrected chi connectivity index (χ0v) is 11.0. The second-order valence-electron chi connectivity index (χ2n) is 3.70. The summed E-state index contributed by atoms with van der Waals surface area (Å²) in [5, 5.41) is 0.782. The van der Waals surface area contributed by atoms with E-state index in [2.05, 4.69) is 20.9 Å². The number of halogens is 2. The Morgan fingerprint density at radius 3 is 2.71 bits per heavy atom. The number of anilines is 2. The third kappa shape index (κ3) is 2.82. The summed E-state index contributed by atoms with van der Waals surface area (Å²) in [6, 6.07) is 10.4. The van der Waals surface area contributed by atoms with E-state index in [9.17, 15) is 4.39 Å². The van der Waals surface area contributed by atoms with Crippen LogP contribution in [0.2, 0.25) is 0 Å². The van der Waals surface area contributed by atoms with Gasteiger partial charge in [0.2, 0.25) is 0 Å². The normalized spacial score (nSPS) is 10.3. The van der Waals surface area contributed by atoms with Crippen LogP contribution in [0, 0.1) is 5.82 Å². The zero-order chi connectivity index (χ0) is 12.3. The van der Waals surface area contributed by atoms with Gasteiger partial charge in [-0.1, -0.05) is 28.1 Å². The van der Waals surface area contributed by atoms with Gasteiger partial charge in [0.1, 0.15) is 11.6 Å². The minimum absolute atomic E-state index is 0.244. The van der Waals surface area contributed by atoms with Crippen LogP contribution >= 0.6 is 15.9 Å². The number of nitrogens with zero attached hydrogens (tertiary/aromatic N) is 2. The lowest BCUT2D eigenvalue weighted by Gasteiger charge is -2.18. The van der Waals surface area contributed by atoms with Gasteiger partial charge >= 0.3 is 0 Å². The maximum absolute atomic E-state index is 13.1. The van der Waals surface area contributed by atoms with E-state index in [1.165, 1.54) is 12.1 Å². The largest absolute Gasteiger partial charge is 0.329 e. The number of aromatic nitrogens is 1. The van der Waals surface area contributed by atoms with Crippen LogP contribution in [0.3, 0.4) is 0 Å². The molecule has 1 aromatic heterocycles. The van der Waals surface area contributed by atoms with Gasteiger partial charge in [0, 0.05) is 24.3 Å². The number of pyridine rings is 1. The molecule has 88 valence electrons. The summed E-state index contributed by atoms with van der Waals surface area (Å²) in [6.45, 7) is 0. The van der Waals surface area contributed by atoms with Gasteiger partial charge in [-0.25, -0.2) is 9.37 Å². The summed E-state index contributed by atoms with van der Waals surface area (Å²) < 4.78 is 13.1. The van der Waals surface area contributed by atoms with Crippen LogP contribution in [0.25, 0.3) is 0 Å². The monoisotopic (exact) mass is 294 g/mol. The summed E-state index contributed by atoms with van der Waals surface area (Å²) in [7, 11) is 1.87. The van der Waals surface area contributed by atoms with E-state index in [0.717, 1.165) is 22.4 Å². The average Bonchev–Trinajstić information content (AvgIpc) is 2.38. The molecular weight excluding hydrogens is 283 g/mol. The van der Waals surface area contributed by atoms with Crippen molar-refractivity contribution in [2.24, 2.45) is 0 Å². The summed E-state index contributed by atoms with van der Waals surface area (Å²) in [4.78, 5) is 6.18. The first-order valence-corrected chi connectivity index (χ1v) is 6.33. The molecule has 0 amide bonds. The smallest absolute Gasteiger partial charge is 0.132 e. The molecule has 2 rings (SSSR count). The lowest BCUT2D eigenvalue weighted by atomic mass is 10.2. The second kappa shape index (κ2) is 5.27. The maximum Gasteiger partial charge on any atom is 0.132 e. The van der Waals surface area contributed by atoms with Crippen molar-refractivity contribution in [3.05, 3.63) is 54.0 Å². The molecule has 4 heteroatoms. The van der Waals surface area contributed by atoms with Crippen LogP contribution in [0.5, 0.6) is 0 Å². The van der Waals surface area contributed by atoms with Crippen molar-refractivity contribution in [3.63, 3.8) is 0 Å². The highest BCUT2D eigenvalue weighted by molar-refractivity contribution is 9.08. The number of alkyl halides is 1. The molecule has 0 atom stereocenters. The van der Waals surface area contributed by atoms with Gasteiger partial charge in [0.05, 0.1) is 0 Å². The van der Waals surface area contributed by atoms with E-state index < -0.39 is 0 Å². The molecule has 0 fully saturated rings. The first-order valence-electron chi connectivity index (χ1n) is 5.21. The molecule has 1 heterocycles. The lowest BCUT2D eigenvalue weighted by molar-refractivity contribution is 0.628. The summed E-state index contributed by atoms with van der Waals surface area (Å²) in [5.74, 6) is 0.548. The Bertz CT molecular complexity index is 499. The van der Waals surface area contributed by atoms with Crippen LogP contribution in [-0.4, -0.2) is 12.0 Å². The number of hydrogen-bond acceptors (Lipinski definition) is 2. The Labute approximate surface area is 108 Å². The minimum Gasteiger partial charge on any atom is -0.329 e. The standard InChI is InChI=1S/C13H12BrFN2/c1-17(12-4-2-3-11(15)7-12)13-6-5-10(8-14)9-16-13/h2-7,9H,8H2,1H3. The van der Waals surface area contributed by atoms with E-state index in [0.29, 0.717) is 0 Å². The van der Waals surface area contributed by atoms with Crippen LogP contribution in [0.4, 0.5) is 15.9 Å². The Morgan fingerprint density at radius 1 is 1.29 bits per heavy atom. The van der Waals surface area contributed by atoms with Gasteiger partial charge in [-0.3, -0.25) is 0 Å². The van der Waals surface area contributed by atoms with Crippen molar-refractivity contribution in [1.29, 1.82) is 0 Å². The van der Waals surface area contributed by atoms with E-state index in [-0.39, 0.29) is 5.82 Å². The van der Waals surface area contributed by atoms with Gasteiger partial charge in [-0.05, 0) is 29.8 Å². The Kier molecular flexibility index (Phi) is 3.74. The molecule has 0 saturated carbocycles. The number of rotatable bonds is 3. The third-order valence-corrected chi connectivity index (χ3v) is 3.15. The highest BCUT2D eigenvalue weighted by atomic mass is 79.9. The molecule has 0 N–H and O–H groups in total. The quantitative estimate of drug-likeness (QED) is 0.799. The fourth-order valence-electron chi connectivity index (χ4n) is 1.51. The summed E-state index contributed by atoms with van der Waals surface area (Å²) in [6.07, 6.45) is 1.81. The zero-order valence-electron chi connectivity index (χ0n) is 9.40. The van der Waals surface area contributed by atoms with Crippen molar-refractivity contribution < 1.29 is 4.39 Å². The molecule has 2 aromatic rings. The molecule has 0 saturated heterocycles. The van der Waals surface area contributed by atoms with Crippen LogP contribution in [-0.2, 0) is 5.33 Å². The van der Waals surface area contributed by atoms with Crippen molar-refractivity contribution >= 4 is 27.4 Å². The Morgan fingerprint density at radius 2 is 2.12 bits per heavy atom. The van der Waals surface area contributed by atoms with Gasteiger partial charge in [-0.2, -0.15) is 0 Å². The minimum atomic E-state index is -0.244. The van der Waals surface area contributed by atoms with E-state index in [1.807, 2.05) is 30.1 Å². The lowest BCUT2D eigenvalue weighted by Crippen LogP contribution is -2.11. The van der Waals surface area contributed by atoms with Gasteiger partial charge in [0.15, 0.2) is 0 Å². The third-order valence-electron chi connectivity index (χ3n) is 2.50. The topological polar surface area (TPSA) is 16.1 Å². The molecule has 0 bridgehead atoms. The summed E-state index contributed by atoms with van der Waals surface area (Å²) in [5.41, 5.74) is 1.89. The van der Waals surface area contributed by atoms with Gasteiger partial charge in [0.25, 0.3) is 0 Å². The Balaban J connectivity index is 2.27. The Hall–Kier alpha value is -1.42. The molecule has 0 aliphatic heterocycles. The van der Waals surface area contributed by atoms with E-state index in [1.54, 1.807) is 12.3 Å². The van der Waals surface area contributed by atoms with Crippen LogP contribution in [0.1, 0.15) is 5.56 Å². The molecule has 2 nitrogen and oxygen atoms in total. The predicted molar refractivity (Wildman–Crippen MR) is 71.3 cm³/mol. The molecule has 17 heavy (non-hydrogen) atoms. The fourth-order valence-corrected chi connectivity index (χ4v) is 1.84. The molecule has 0 spiro atoms.